The number of amides is 1. The molecule has 0 atom stereocenters. The number of thiocarbonyl (C=S) groups is 1. The number of anilines is 2. The van der Waals surface area contributed by atoms with Crippen LogP contribution in [0.15, 0.2) is 71.6 Å². The number of halogens is 2. The van der Waals surface area contributed by atoms with Crippen molar-refractivity contribution in [3.05, 3.63) is 82.3 Å². The summed E-state index contributed by atoms with van der Waals surface area (Å²) in [4.78, 5) is 12.4. The molecule has 3 rings (SSSR count). The zero-order valence-corrected chi connectivity index (χ0v) is 20.4. The Morgan fingerprint density at radius 3 is 2.21 bits per heavy atom. The number of sulfonamides is 1. The van der Waals surface area contributed by atoms with Crippen molar-refractivity contribution in [1.29, 1.82) is 0 Å². The predicted octanol–water partition coefficient (Wildman–Crippen LogP) is 5.32. The highest BCUT2D eigenvalue weighted by molar-refractivity contribution is 7.92. The topological polar surface area (TPSA) is 96.5 Å². The third-order valence-corrected chi connectivity index (χ3v) is 6.39. The lowest BCUT2D eigenvalue weighted by Crippen LogP contribution is -2.34. The fourth-order valence-electron chi connectivity index (χ4n) is 2.72. The largest absolute Gasteiger partial charge is 0.494 e. The van der Waals surface area contributed by atoms with Gasteiger partial charge < -0.3 is 10.1 Å². The van der Waals surface area contributed by atoms with Crippen molar-refractivity contribution in [2.75, 3.05) is 16.6 Å². The molecular formula is C22H19Cl2N3O4S2. The molecule has 0 radical (unpaired) electrons. The van der Waals surface area contributed by atoms with Crippen molar-refractivity contribution >= 4 is 67.8 Å². The van der Waals surface area contributed by atoms with E-state index in [0.717, 1.165) is 0 Å². The van der Waals surface area contributed by atoms with Crippen LogP contribution in [0.3, 0.4) is 0 Å². The van der Waals surface area contributed by atoms with Gasteiger partial charge in [-0.05, 0) is 85.9 Å². The number of nitrogens with one attached hydrogen (secondary N) is 3. The minimum absolute atomic E-state index is 0.0223. The molecule has 11 heteroatoms. The predicted molar refractivity (Wildman–Crippen MR) is 135 cm³/mol. The van der Waals surface area contributed by atoms with Crippen LogP contribution in [0, 0.1) is 0 Å². The van der Waals surface area contributed by atoms with Crippen LogP contribution < -0.4 is 20.1 Å². The van der Waals surface area contributed by atoms with Gasteiger partial charge in [0.25, 0.3) is 15.9 Å². The first kappa shape index (κ1) is 24.8. The van der Waals surface area contributed by atoms with Gasteiger partial charge in [0.2, 0.25) is 0 Å². The highest BCUT2D eigenvalue weighted by atomic mass is 35.5. The standard InChI is InChI=1S/C22H19Cl2N3O4S2/c1-2-31-17-8-4-16(5-9-17)27-33(29,30)18-10-6-15(7-11-18)25-22(32)26-21(28)19-12-3-14(23)13-20(19)24/h3-13,27H,2H2,1H3,(H2,25,26,28,32). The fraction of sp³-hybridized carbons (Fsp3) is 0.0909. The third kappa shape index (κ3) is 6.82. The lowest BCUT2D eigenvalue weighted by molar-refractivity contribution is 0.0978. The molecule has 33 heavy (non-hydrogen) atoms. The molecule has 0 fully saturated rings. The summed E-state index contributed by atoms with van der Waals surface area (Å²) < 4.78 is 33.1. The molecule has 0 aliphatic rings. The minimum Gasteiger partial charge on any atom is -0.494 e. The molecule has 0 aromatic heterocycles. The van der Waals surface area contributed by atoms with Crippen LogP contribution in [0.4, 0.5) is 11.4 Å². The zero-order valence-electron chi connectivity index (χ0n) is 17.3. The van der Waals surface area contributed by atoms with E-state index in [9.17, 15) is 13.2 Å². The second-order valence-electron chi connectivity index (χ2n) is 6.62. The van der Waals surface area contributed by atoms with E-state index in [2.05, 4.69) is 15.4 Å². The molecule has 0 heterocycles. The normalized spacial score (nSPS) is 10.9. The van der Waals surface area contributed by atoms with E-state index in [1.54, 1.807) is 30.3 Å². The van der Waals surface area contributed by atoms with Gasteiger partial charge in [0.15, 0.2) is 5.11 Å². The maximum absolute atomic E-state index is 12.6. The van der Waals surface area contributed by atoms with E-state index < -0.39 is 15.9 Å². The van der Waals surface area contributed by atoms with Crippen molar-refractivity contribution in [2.45, 2.75) is 11.8 Å². The molecule has 1 amide bonds. The van der Waals surface area contributed by atoms with Crippen molar-refractivity contribution < 1.29 is 17.9 Å². The number of rotatable bonds is 7. The summed E-state index contributed by atoms with van der Waals surface area (Å²) in [6.07, 6.45) is 0. The lowest BCUT2D eigenvalue weighted by atomic mass is 10.2. The van der Waals surface area contributed by atoms with Crippen LogP contribution in [-0.4, -0.2) is 26.0 Å². The maximum atomic E-state index is 12.6. The van der Waals surface area contributed by atoms with Crippen LogP contribution in [0.25, 0.3) is 0 Å². The van der Waals surface area contributed by atoms with E-state index in [4.69, 9.17) is 40.2 Å². The monoisotopic (exact) mass is 523 g/mol. The molecule has 172 valence electrons. The van der Waals surface area contributed by atoms with Gasteiger partial charge >= 0.3 is 0 Å². The molecule has 0 unspecified atom stereocenters. The summed E-state index contributed by atoms with van der Waals surface area (Å²) >= 11 is 17.0. The summed E-state index contributed by atoms with van der Waals surface area (Å²) in [6.45, 7) is 2.39. The molecule has 7 nitrogen and oxygen atoms in total. The van der Waals surface area contributed by atoms with E-state index in [1.165, 1.54) is 36.4 Å². The van der Waals surface area contributed by atoms with Gasteiger partial charge in [0.05, 0.1) is 22.1 Å². The highest BCUT2D eigenvalue weighted by Crippen LogP contribution is 2.22. The van der Waals surface area contributed by atoms with E-state index in [1.807, 2.05) is 6.92 Å². The minimum atomic E-state index is -3.79. The average Bonchev–Trinajstić information content (AvgIpc) is 2.75. The third-order valence-electron chi connectivity index (χ3n) is 4.24. The summed E-state index contributed by atoms with van der Waals surface area (Å²) in [5.74, 6) is 0.144. The summed E-state index contributed by atoms with van der Waals surface area (Å²) in [7, 11) is -3.79. The quantitative estimate of drug-likeness (QED) is 0.362. The molecule has 3 aromatic carbocycles. The van der Waals surface area contributed by atoms with Crippen molar-refractivity contribution in [1.82, 2.24) is 5.32 Å². The van der Waals surface area contributed by atoms with Crippen molar-refractivity contribution in [3.63, 3.8) is 0 Å². The van der Waals surface area contributed by atoms with Crippen LogP contribution in [0.1, 0.15) is 17.3 Å². The summed E-state index contributed by atoms with van der Waals surface area (Å²) in [5.41, 5.74) is 1.11. The highest BCUT2D eigenvalue weighted by Gasteiger charge is 2.15. The van der Waals surface area contributed by atoms with Gasteiger partial charge in [0, 0.05) is 16.4 Å². The Kier molecular flexibility index (Phi) is 8.15. The summed E-state index contributed by atoms with van der Waals surface area (Å²) in [6, 6.07) is 17.0. The first-order valence-electron chi connectivity index (χ1n) is 9.61. The Balaban J connectivity index is 1.61. The molecule has 3 aromatic rings. The second-order valence-corrected chi connectivity index (χ2v) is 9.55. The molecule has 0 saturated heterocycles. The number of hydrogen-bond donors (Lipinski definition) is 3. The first-order valence-corrected chi connectivity index (χ1v) is 12.3. The average molecular weight is 524 g/mol. The van der Waals surface area contributed by atoms with E-state index in [0.29, 0.717) is 28.8 Å². The van der Waals surface area contributed by atoms with Gasteiger partial charge in [-0.1, -0.05) is 23.2 Å². The lowest BCUT2D eigenvalue weighted by Gasteiger charge is -2.12. The molecule has 0 aliphatic carbocycles. The van der Waals surface area contributed by atoms with E-state index in [-0.39, 0.29) is 20.6 Å². The number of benzene rings is 3. The first-order chi connectivity index (χ1) is 15.7. The van der Waals surface area contributed by atoms with Crippen LogP contribution in [0.5, 0.6) is 5.75 Å². The Hall–Kier alpha value is -2.85. The molecule has 0 saturated carbocycles. The number of ether oxygens (including phenoxy) is 1. The zero-order chi connectivity index (χ0) is 24.0. The fourth-order valence-corrected chi connectivity index (χ4v) is 4.49. The molecule has 3 N–H and O–H groups in total. The van der Waals surface area contributed by atoms with Gasteiger partial charge in [-0.15, -0.1) is 0 Å². The smallest absolute Gasteiger partial charge is 0.261 e. The van der Waals surface area contributed by atoms with Crippen LogP contribution in [0.2, 0.25) is 10.0 Å². The maximum Gasteiger partial charge on any atom is 0.261 e. The Bertz CT molecular complexity index is 1270. The van der Waals surface area contributed by atoms with Crippen LogP contribution >= 0.6 is 35.4 Å². The molecular weight excluding hydrogens is 505 g/mol. The van der Waals surface area contributed by atoms with Crippen molar-refractivity contribution in [2.24, 2.45) is 0 Å². The number of hydrogen-bond acceptors (Lipinski definition) is 5. The number of carbonyl (C=O) groups excluding carboxylic acids is 1. The Morgan fingerprint density at radius 1 is 0.970 bits per heavy atom. The summed E-state index contributed by atoms with van der Waals surface area (Å²) in [5, 5.41) is 5.95. The van der Waals surface area contributed by atoms with Crippen LogP contribution in [-0.2, 0) is 10.0 Å². The molecule has 0 spiro atoms. The second kappa shape index (κ2) is 10.8. The van der Waals surface area contributed by atoms with Gasteiger partial charge in [0.1, 0.15) is 5.75 Å². The van der Waals surface area contributed by atoms with Crippen molar-refractivity contribution in [3.8, 4) is 5.75 Å². The molecule has 0 aliphatic heterocycles. The number of carbonyl (C=O) groups is 1. The Morgan fingerprint density at radius 2 is 1.61 bits per heavy atom. The van der Waals surface area contributed by atoms with Gasteiger partial charge in [-0.2, -0.15) is 0 Å². The molecule has 0 bridgehead atoms. The SMILES string of the molecule is CCOc1ccc(NS(=O)(=O)c2ccc(NC(=S)NC(=O)c3ccc(Cl)cc3Cl)cc2)cc1. The van der Waals surface area contributed by atoms with Gasteiger partial charge in [-0.25, -0.2) is 8.42 Å². The van der Waals surface area contributed by atoms with Gasteiger partial charge in [-0.3, -0.25) is 14.8 Å². The Labute approximate surface area is 207 Å². The van der Waals surface area contributed by atoms with E-state index >= 15 is 0 Å².